The fourth-order valence-electron chi connectivity index (χ4n) is 1.91. The highest BCUT2D eigenvalue weighted by molar-refractivity contribution is 5.98. The highest BCUT2D eigenvalue weighted by Gasteiger charge is 2.15. The molecule has 6 nitrogen and oxygen atoms in total. The number of methoxy groups -OCH3 is 1. The van der Waals surface area contributed by atoms with E-state index in [0.717, 1.165) is 5.56 Å². The molecule has 1 aromatic carbocycles. The molecule has 2 rings (SSSR count). The van der Waals surface area contributed by atoms with Crippen LogP contribution in [0.1, 0.15) is 21.5 Å². The number of pyridine rings is 1. The summed E-state index contributed by atoms with van der Waals surface area (Å²) in [6, 6.07) is 9.01. The number of anilines is 3. The molecule has 21 heavy (non-hydrogen) atoms. The number of aryl methyl sites for hydroxylation is 1. The number of ether oxygens (including phenoxy) is 1. The van der Waals surface area contributed by atoms with Crippen molar-refractivity contribution in [1.82, 2.24) is 4.98 Å². The number of carbonyl (C=O) groups is 1. The van der Waals surface area contributed by atoms with Crippen molar-refractivity contribution in [3.8, 4) is 6.07 Å². The summed E-state index contributed by atoms with van der Waals surface area (Å²) in [6.45, 7) is 1.84. The molecule has 0 aliphatic carbocycles. The van der Waals surface area contributed by atoms with Crippen molar-refractivity contribution in [2.45, 2.75) is 6.92 Å². The van der Waals surface area contributed by atoms with Gasteiger partial charge in [0.05, 0.1) is 29.6 Å². The number of nitrogens with two attached hydrogens (primary N) is 1. The molecular formula is C15H14N4O2. The fourth-order valence-corrected chi connectivity index (χ4v) is 1.91. The van der Waals surface area contributed by atoms with Crippen LogP contribution in [-0.4, -0.2) is 18.1 Å². The lowest BCUT2D eigenvalue weighted by molar-refractivity contribution is 0.0602. The summed E-state index contributed by atoms with van der Waals surface area (Å²) in [5.74, 6) is -0.234. The van der Waals surface area contributed by atoms with Gasteiger partial charge in [0.25, 0.3) is 0 Å². The standard InChI is InChI=1S/C15H14N4O2/c1-9-4-3-5-12(11(9)8-16)19-14-13(17)10(6-7-18-14)15(20)21-2/h3-7H,17H2,1-2H3,(H,18,19). The van der Waals surface area contributed by atoms with Gasteiger partial charge >= 0.3 is 5.97 Å². The van der Waals surface area contributed by atoms with E-state index >= 15 is 0 Å². The van der Waals surface area contributed by atoms with Crippen LogP contribution >= 0.6 is 0 Å². The molecule has 0 amide bonds. The molecule has 106 valence electrons. The third kappa shape index (κ3) is 2.77. The number of nitrogens with zero attached hydrogens (tertiary/aromatic N) is 2. The second-order valence-corrected chi connectivity index (χ2v) is 4.35. The van der Waals surface area contributed by atoms with Crippen molar-refractivity contribution in [1.29, 1.82) is 5.26 Å². The van der Waals surface area contributed by atoms with Crippen molar-refractivity contribution in [3.05, 3.63) is 47.2 Å². The predicted molar refractivity (Wildman–Crippen MR) is 79.2 cm³/mol. The molecule has 0 saturated carbocycles. The van der Waals surface area contributed by atoms with Gasteiger partial charge in [0.15, 0.2) is 5.82 Å². The summed E-state index contributed by atoms with van der Waals surface area (Å²) >= 11 is 0. The van der Waals surface area contributed by atoms with E-state index in [2.05, 4.69) is 21.1 Å². The maximum absolute atomic E-state index is 11.6. The number of rotatable bonds is 3. The van der Waals surface area contributed by atoms with E-state index in [4.69, 9.17) is 5.73 Å². The Morgan fingerprint density at radius 2 is 2.19 bits per heavy atom. The minimum Gasteiger partial charge on any atom is -0.465 e. The Balaban J connectivity index is 2.44. The van der Waals surface area contributed by atoms with Gasteiger partial charge in [-0.25, -0.2) is 9.78 Å². The van der Waals surface area contributed by atoms with Gasteiger partial charge < -0.3 is 15.8 Å². The van der Waals surface area contributed by atoms with Gasteiger partial charge in [0.1, 0.15) is 6.07 Å². The zero-order valence-corrected chi connectivity index (χ0v) is 11.7. The maximum Gasteiger partial charge on any atom is 0.340 e. The lowest BCUT2D eigenvalue weighted by Crippen LogP contribution is -2.09. The van der Waals surface area contributed by atoms with Crippen LogP contribution in [0.2, 0.25) is 0 Å². The summed E-state index contributed by atoms with van der Waals surface area (Å²) in [5.41, 5.74) is 8.25. The van der Waals surface area contributed by atoms with Gasteiger partial charge in [-0.05, 0) is 24.6 Å². The van der Waals surface area contributed by atoms with Gasteiger partial charge in [-0.3, -0.25) is 0 Å². The zero-order chi connectivity index (χ0) is 15.4. The van der Waals surface area contributed by atoms with Crippen LogP contribution in [0.5, 0.6) is 0 Å². The summed E-state index contributed by atoms with van der Waals surface area (Å²) < 4.78 is 4.66. The molecule has 0 bridgehead atoms. The molecule has 3 N–H and O–H groups in total. The number of hydrogen-bond donors (Lipinski definition) is 2. The second kappa shape index (κ2) is 5.92. The van der Waals surface area contributed by atoms with Gasteiger partial charge in [-0.1, -0.05) is 12.1 Å². The Hall–Kier alpha value is -3.07. The Bertz CT molecular complexity index is 735. The Morgan fingerprint density at radius 3 is 2.86 bits per heavy atom. The van der Waals surface area contributed by atoms with Crippen molar-refractivity contribution in [3.63, 3.8) is 0 Å². The zero-order valence-electron chi connectivity index (χ0n) is 11.7. The van der Waals surface area contributed by atoms with Crippen LogP contribution < -0.4 is 11.1 Å². The van der Waals surface area contributed by atoms with E-state index in [0.29, 0.717) is 17.1 Å². The molecule has 0 unspecified atom stereocenters. The quantitative estimate of drug-likeness (QED) is 0.838. The lowest BCUT2D eigenvalue weighted by Gasteiger charge is -2.12. The van der Waals surface area contributed by atoms with Gasteiger partial charge in [0.2, 0.25) is 0 Å². The third-order valence-electron chi connectivity index (χ3n) is 3.03. The van der Waals surface area contributed by atoms with Crippen molar-refractivity contribution < 1.29 is 9.53 Å². The Labute approximate surface area is 122 Å². The summed E-state index contributed by atoms with van der Waals surface area (Å²) in [5, 5.41) is 12.2. The first-order chi connectivity index (χ1) is 10.1. The third-order valence-corrected chi connectivity index (χ3v) is 3.03. The monoisotopic (exact) mass is 282 g/mol. The predicted octanol–water partition coefficient (Wildman–Crippen LogP) is 2.37. The Kier molecular flexibility index (Phi) is 4.05. The number of nitrogen functional groups attached to an aromatic ring is 1. The molecule has 0 fully saturated rings. The van der Waals surface area contributed by atoms with Crippen LogP contribution in [0.4, 0.5) is 17.2 Å². The summed E-state index contributed by atoms with van der Waals surface area (Å²) in [6.07, 6.45) is 1.45. The van der Waals surface area contributed by atoms with Crippen LogP contribution in [0.3, 0.4) is 0 Å². The normalized spacial score (nSPS) is 9.76. The molecule has 1 heterocycles. The number of benzene rings is 1. The van der Waals surface area contributed by atoms with E-state index in [-0.39, 0.29) is 11.3 Å². The van der Waals surface area contributed by atoms with Gasteiger partial charge in [-0.2, -0.15) is 5.26 Å². The molecule has 0 radical (unpaired) electrons. The molecule has 6 heteroatoms. The van der Waals surface area contributed by atoms with Crippen LogP contribution in [0.25, 0.3) is 0 Å². The van der Waals surface area contributed by atoms with E-state index < -0.39 is 5.97 Å². The minimum atomic E-state index is -0.539. The largest absolute Gasteiger partial charge is 0.465 e. The van der Waals surface area contributed by atoms with E-state index in [9.17, 15) is 10.1 Å². The number of aromatic nitrogens is 1. The minimum absolute atomic E-state index is 0.176. The van der Waals surface area contributed by atoms with Crippen molar-refractivity contribution in [2.75, 3.05) is 18.2 Å². The van der Waals surface area contributed by atoms with Gasteiger partial charge in [-0.15, -0.1) is 0 Å². The summed E-state index contributed by atoms with van der Waals surface area (Å²) in [4.78, 5) is 15.7. The lowest BCUT2D eigenvalue weighted by atomic mass is 10.1. The number of esters is 1. The number of nitrogens with one attached hydrogen (secondary N) is 1. The number of nitriles is 1. The number of hydrogen-bond acceptors (Lipinski definition) is 6. The van der Waals surface area contributed by atoms with Gasteiger partial charge in [0, 0.05) is 6.20 Å². The fraction of sp³-hybridized carbons (Fsp3) is 0.133. The molecule has 0 saturated heterocycles. The molecule has 0 aliphatic rings. The second-order valence-electron chi connectivity index (χ2n) is 4.35. The SMILES string of the molecule is COC(=O)c1ccnc(Nc2cccc(C)c2C#N)c1N. The Morgan fingerprint density at radius 1 is 1.43 bits per heavy atom. The average Bonchev–Trinajstić information content (AvgIpc) is 2.49. The van der Waals surface area contributed by atoms with Crippen LogP contribution in [-0.2, 0) is 4.74 Å². The smallest absolute Gasteiger partial charge is 0.340 e. The molecule has 1 aromatic heterocycles. The van der Waals surface area contributed by atoms with E-state index in [1.165, 1.54) is 19.4 Å². The molecule has 0 aliphatic heterocycles. The van der Waals surface area contributed by atoms with Crippen LogP contribution in [0, 0.1) is 18.3 Å². The molecule has 0 atom stereocenters. The van der Waals surface area contributed by atoms with Crippen molar-refractivity contribution in [2.24, 2.45) is 0 Å². The van der Waals surface area contributed by atoms with E-state index in [1.807, 2.05) is 19.1 Å². The number of carbonyl (C=O) groups excluding carboxylic acids is 1. The average molecular weight is 282 g/mol. The van der Waals surface area contributed by atoms with Crippen LogP contribution in [0.15, 0.2) is 30.5 Å². The van der Waals surface area contributed by atoms with E-state index in [1.54, 1.807) is 6.07 Å². The molecular weight excluding hydrogens is 268 g/mol. The summed E-state index contributed by atoms with van der Waals surface area (Å²) in [7, 11) is 1.28. The highest BCUT2D eigenvalue weighted by atomic mass is 16.5. The first-order valence-electron chi connectivity index (χ1n) is 6.18. The maximum atomic E-state index is 11.6. The highest BCUT2D eigenvalue weighted by Crippen LogP contribution is 2.27. The molecule has 2 aromatic rings. The van der Waals surface area contributed by atoms with Crippen molar-refractivity contribution >= 4 is 23.2 Å². The topological polar surface area (TPSA) is 101 Å². The molecule has 0 spiro atoms. The first kappa shape index (κ1) is 14.3. The first-order valence-corrected chi connectivity index (χ1v) is 6.18.